The van der Waals surface area contributed by atoms with Gasteiger partial charge < -0.3 is 5.32 Å². The van der Waals surface area contributed by atoms with E-state index < -0.39 is 0 Å². The van der Waals surface area contributed by atoms with Gasteiger partial charge in [-0.25, -0.2) is 4.68 Å². The summed E-state index contributed by atoms with van der Waals surface area (Å²) in [6, 6.07) is 19.6. The van der Waals surface area contributed by atoms with Crippen LogP contribution in [0.5, 0.6) is 0 Å². The Labute approximate surface area is 190 Å². The van der Waals surface area contributed by atoms with Crippen molar-refractivity contribution in [1.82, 2.24) is 24.9 Å². The maximum Gasteiger partial charge on any atom is 0.255 e. The number of amides is 1. The third kappa shape index (κ3) is 4.61. The van der Waals surface area contributed by atoms with Crippen LogP contribution in [-0.2, 0) is 6.54 Å². The Hall–Kier alpha value is -3.19. The number of carbonyl (C=O) groups is 1. The Morgan fingerprint density at radius 3 is 2.32 bits per heavy atom. The summed E-state index contributed by atoms with van der Waals surface area (Å²) in [5.74, 6) is -0.129. The molecule has 0 saturated heterocycles. The monoisotopic (exact) mass is 477 g/mol. The molecule has 1 N–H and O–H groups in total. The zero-order chi connectivity index (χ0) is 21.8. The van der Waals surface area contributed by atoms with Crippen molar-refractivity contribution in [2.45, 2.75) is 26.8 Å². The Morgan fingerprint density at radius 2 is 1.68 bits per heavy atom. The molecule has 0 aliphatic rings. The lowest BCUT2D eigenvalue weighted by Crippen LogP contribution is -2.25. The molecule has 0 aliphatic heterocycles. The van der Waals surface area contributed by atoms with Crippen molar-refractivity contribution in [3.63, 3.8) is 0 Å². The van der Waals surface area contributed by atoms with Crippen LogP contribution in [0.3, 0.4) is 0 Å². The number of hydrogen-bond donors (Lipinski definition) is 1. The second-order valence-electron chi connectivity index (χ2n) is 7.35. The summed E-state index contributed by atoms with van der Waals surface area (Å²) in [5, 5.41) is 12.3. The van der Waals surface area contributed by atoms with Crippen LogP contribution in [0, 0.1) is 13.8 Å². The Bertz CT molecular complexity index is 1180. The molecule has 2 aromatic heterocycles. The summed E-state index contributed by atoms with van der Waals surface area (Å²) in [7, 11) is 0. The molecular formula is C24H24BrN5O. The average molecular weight is 478 g/mol. The molecule has 2 aromatic carbocycles. The number of nitrogens with one attached hydrogen (secondary N) is 1. The zero-order valence-corrected chi connectivity index (χ0v) is 19.1. The van der Waals surface area contributed by atoms with Crippen LogP contribution in [0.4, 0.5) is 0 Å². The fourth-order valence-electron chi connectivity index (χ4n) is 3.48. The van der Waals surface area contributed by atoms with Gasteiger partial charge in [-0.3, -0.25) is 9.48 Å². The third-order valence-electron chi connectivity index (χ3n) is 5.15. The number of carbonyl (C=O) groups excluding carboxylic acids is 1. The number of para-hydroxylation sites is 1. The maximum atomic E-state index is 13.0. The van der Waals surface area contributed by atoms with Crippen molar-refractivity contribution in [3.05, 3.63) is 88.3 Å². The van der Waals surface area contributed by atoms with Crippen molar-refractivity contribution in [1.29, 1.82) is 0 Å². The van der Waals surface area contributed by atoms with Gasteiger partial charge in [0.05, 0.1) is 21.4 Å². The maximum absolute atomic E-state index is 13.0. The predicted octanol–water partition coefficient (Wildman–Crippen LogP) is 4.94. The van der Waals surface area contributed by atoms with E-state index in [2.05, 4.69) is 26.3 Å². The number of benzene rings is 2. The minimum Gasteiger partial charge on any atom is -0.352 e. The highest BCUT2D eigenvalue weighted by Gasteiger charge is 2.18. The molecule has 6 nitrogen and oxygen atoms in total. The van der Waals surface area contributed by atoms with E-state index >= 15 is 0 Å². The molecule has 0 atom stereocenters. The highest BCUT2D eigenvalue weighted by Crippen LogP contribution is 2.24. The fraction of sp³-hybridized carbons (Fsp3) is 0.208. The Balaban J connectivity index is 1.50. The van der Waals surface area contributed by atoms with Gasteiger partial charge in [-0.15, -0.1) is 0 Å². The van der Waals surface area contributed by atoms with Gasteiger partial charge in [0.1, 0.15) is 5.69 Å². The highest BCUT2D eigenvalue weighted by molar-refractivity contribution is 9.10. The fourth-order valence-corrected chi connectivity index (χ4v) is 3.77. The lowest BCUT2D eigenvalue weighted by Gasteiger charge is -2.07. The number of hydrogen-bond acceptors (Lipinski definition) is 3. The van der Waals surface area contributed by atoms with Gasteiger partial charge in [-0.1, -0.05) is 48.5 Å². The zero-order valence-electron chi connectivity index (χ0n) is 17.5. The van der Waals surface area contributed by atoms with E-state index in [0.29, 0.717) is 17.8 Å². The number of halogens is 1. The molecule has 0 spiro atoms. The summed E-state index contributed by atoms with van der Waals surface area (Å²) in [5.41, 5.74) is 5.12. The molecule has 0 saturated carbocycles. The summed E-state index contributed by atoms with van der Waals surface area (Å²) < 4.78 is 4.76. The van der Waals surface area contributed by atoms with E-state index in [-0.39, 0.29) is 5.91 Å². The van der Waals surface area contributed by atoms with Gasteiger partial charge >= 0.3 is 0 Å². The molecular weight excluding hydrogens is 454 g/mol. The minimum absolute atomic E-state index is 0.129. The summed E-state index contributed by atoms with van der Waals surface area (Å²) >= 11 is 3.55. The lowest BCUT2D eigenvalue weighted by atomic mass is 10.1. The lowest BCUT2D eigenvalue weighted by molar-refractivity contribution is 0.0953. The summed E-state index contributed by atoms with van der Waals surface area (Å²) in [6.45, 7) is 5.31. The van der Waals surface area contributed by atoms with Gasteiger partial charge in [0, 0.05) is 30.5 Å². The topological polar surface area (TPSA) is 64.7 Å². The van der Waals surface area contributed by atoms with Crippen molar-refractivity contribution in [2.24, 2.45) is 0 Å². The Morgan fingerprint density at radius 1 is 1.00 bits per heavy atom. The van der Waals surface area contributed by atoms with Gasteiger partial charge in [0.25, 0.3) is 5.91 Å². The van der Waals surface area contributed by atoms with E-state index in [1.807, 2.05) is 79.2 Å². The molecule has 0 aliphatic carbocycles. The first-order valence-corrected chi connectivity index (χ1v) is 11.0. The second-order valence-corrected chi connectivity index (χ2v) is 8.15. The van der Waals surface area contributed by atoms with E-state index in [4.69, 9.17) is 5.10 Å². The summed E-state index contributed by atoms with van der Waals surface area (Å²) in [4.78, 5) is 13.0. The number of rotatable bonds is 7. The molecule has 2 heterocycles. The third-order valence-corrected chi connectivity index (χ3v) is 6.30. The SMILES string of the molecule is Cc1nn(CCCNC(=O)c2cn(-c3ccccc3)nc2-c2ccccc2)c(C)c1Br. The van der Waals surface area contributed by atoms with E-state index in [9.17, 15) is 4.79 Å². The molecule has 0 fully saturated rings. The summed E-state index contributed by atoms with van der Waals surface area (Å²) in [6.07, 6.45) is 2.58. The number of aryl methyl sites for hydroxylation is 2. The van der Waals surface area contributed by atoms with Crippen molar-refractivity contribution >= 4 is 21.8 Å². The average Bonchev–Trinajstić information content (AvgIpc) is 3.35. The second kappa shape index (κ2) is 9.31. The van der Waals surface area contributed by atoms with Crippen molar-refractivity contribution in [2.75, 3.05) is 6.54 Å². The van der Waals surface area contributed by atoms with Gasteiger partial charge in [0.15, 0.2) is 0 Å². The van der Waals surface area contributed by atoms with Crippen LogP contribution in [0.2, 0.25) is 0 Å². The van der Waals surface area contributed by atoms with E-state index in [1.165, 1.54) is 0 Å². The molecule has 1 amide bonds. The van der Waals surface area contributed by atoms with E-state index in [1.54, 1.807) is 10.9 Å². The van der Waals surface area contributed by atoms with Crippen LogP contribution in [-0.4, -0.2) is 32.0 Å². The van der Waals surface area contributed by atoms with Crippen molar-refractivity contribution in [3.8, 4) is 16.9 Å². The standard InChI is InChI=1S/C24H24BrN5O/c1-17-22(25)18(2)29(27-17)15-9-14-26-24(31)21-16-30(20-12-7-4-8-13-20)28-23(21)19-10-5-3-6-11-19/h3-8,10-13,16H,9,14-15H2,1-2H3,(H,26,31). The Kier molecular flexibility index (Phi) is 6.32. The van der Waals surface area contributed by atoms with Gasteiger partial charge in [0.2, 0.25) is 0 Å². The molecule has 0 unspecified atom stereocenters. The molecule has 4 aromatic rings. The first kappa shape index (κ1) is 21.1. The van der Waals surface area contributed by atoms with Gasteiger partial charge in [-0.2, -0.15) is 10.2 Å². The van der Waals surface area contributed by atoms with Crippen LogP contribution >= 0.6 is 15.9 Å². The van der Waals surface area contributed by atoms with Crippen molar-refractivity contribution < 1.29 is 4.79 Å². The van der Waals surface area contributed by atoms with Crippen LogP contribution < -0.4 is 5.32 Å². The molecule has 0 bridgehead atoms. The first-order chi connectivity index (χ1) is 15.0. The number of aromatic nitrogens is 4. The normalized spacial score (nSPS) is 10.9. The molecule has 4 rings (SSSR count). The van der Waals surface area contributed by atoms with Crippen LogP contribution in [0.25, 0.3) is 16.9 Å². The molecule has 7 heteroatoms. The first-order valence-electron chi connectivity index (χ1n) is 10.2. The van der Waals surface area contributed by atoms with Crippen LogP contribution in [0.15, 0.2) is 71.3 Å². The van der Waals surface area contributed by atoms with E-state index in [0.717, 1.165) is 40.1 Å². The number of nitrogens with zero attached hydrogens (tertiary/aromatic N) is 4. The van der Waals surface area contributed by atoms with Crippen LogP contribution in [0.1, 0.15) is 28.2 Å². The predicted molar refractivity (Wildman–Crippen MR) is 125 cm³/mol. The minimum atomic E-state index is -0.129. The quantitative estimate of drug-likeness (QED) is 0.383. The highest BCUT2D eigenvalue weighted by atomic mass is 79.9. The molecule has 31 heavy (non-hydrogen) atoms. The largest absolute Gasteiger partial charge is 0.352 e. The van der Waals surface area contributed by atoms with Gasteiger partial charge in [-0.05, 0) is 48.3 Å². The molecule has 0 radical (unpaired) electrons. The smallest absolute Gasteiger partial charge is 0.255 e. The molecule has 158 valence electrons.